The molecule has 0 aliphatic rings. The molecule has 0 bridgehead atoms. The van der Waals surface area contributed by atoms with Crippen LogP contribution >= 0.6 is 0 Å². The van der Waals surface area contributed by atoms with E-state index in [-0.39, 0.29) is 12.1 Å². The molecule has 0 fully saturated rings. The molecule has 0 aliphatic carbocycles. The van der Waals surface area contributed by atoms with Gasteiger partial charge in [-0.05, 0) is 50.6 Å². The normalized spacial score (nSPS) is 13.2. The summed E-state index contributed by atoms with van der Waals surface area (Å²) in [5.74, 6) is 0.773. The first-order valence-corrected chi connectivity index (χ1v) is 8.33. The molecule has 0 aliphatic heterocycles. The highest BCUT2D eigenvalue weighted by molar-refractivity contribution is 5.89. The fraction of sp³-hybridized carbons (Fsp3) is 0.350. The summed E-state index contributed by atoms with van der Waals surface area (Å²) in [7, 11) is 1.62. The molecule has 5 nitrogen and oxygen atoms in total. The highest BCUT2D eigenvalue weighted by Gasteiger charge is 2.28. The third-order valence-electron chi connectivity index (χ3n) is 3.72. The van der Waals surface area contributed by atoms with E-state index in [4.69, 9.17) is 9.47 Å². The Kier molecular flexibility index (Phi) is 6.42. The lowest BCUT2D eigenvalue weighted by atomic mass is 9.93. The van der Waals surface area contributed by atoms with E-state index in [0.29, 0.717) is 12.3 Å². The first-order valence-electron chi connectivity index (χ1n) is 8.33. The third-order valence-corrected chi connectivity index (χ3v) is 3.72. The lowest BCUT2D eigenvalue weighted by molar-refractivity contribution is 0.123. The zero-order valence-corrected chi connectivity index (χ0v) is 15.2. The number of rotatable bonds is 7. The van der Waals surface area contributed by atoms with Crippen molar-refractivity contribution in [3.63, 3.8) is 0 Å². The predicted molar refractivity (Wildman–Crippen MR) is 100 cm³/mol. The van der Waals surface area contributed by atoms with E-state index in [9.17, 15) is 4.79 Å². The van der Waals surface area contributed by atoms with Gasteiger partial charge in [0.2, 0.25) is 0 Å². The topological polar surface area (TPSA) is 59.6 Å². The van der Waals surface area contributed by atoms with Gasteiger partial charge in [0.1, 0.15) is 5.75 Å². The Morgan fingerprint density at radius 2 is 1.72 bits per heavy atom. The fourth-order valence-corrected chi connectivity index (χ4v) is 2.59. The van der Waals surface area contributed by atoms with Crippen molar-refractivity contribution in [3.8, 4) is 5.75 Å². The second-order valence-electron chi connectivity index (χ2n) is 6.40. The van der Waals surface area contributed by atoms with Crippen LogP contribution in [-0.4, -0.2) is 25.9 Å². The van der Waals surface area contributed by atoms with Gasteiger partial charge in [0.15, 0.2) is 0 Å². The first-order chi connectivity index (χ1) is 11.9. The van der Waals surface area contributed by atoms with E-state index < -0.39 is 5.54 Å². The van der Waals surface area contributed by atoms with Crippen LogP contribution in [-0.2, 0) is 10.3 Å². The summed E-state index contributed by atoms with van der Waals surface area (Å²) in [6, 6.07) is 16.8. The molecule has 25 heavy (non-hydrogen) atoms. The number of amides is 2. The Morgan fingerprint density at radius 3 is 2.28 bits per heavy atom. The van der Waals surface area contributed by atoms with Crippen molar-refractivity contribution in [2.24, 2.45) is 0 Å². The van der Waals surface area contributed by atoms with Crippen LogP contribution in [0.3, 0.4) is 0 Å². The Bertz CT molecular complexity index is 671. The molecular weight excluding hydrogens is 316 g/mol. The van der Waals surface area contributed by atoms with Crippen LogP contribution in [0.4, 0.5) is 10.5 Å². The molecule has 5 heteroatoms. The summed E-state index contributed by atoms with van der Waals surface area (Å²) < 4.78 is 10.9. The Labute approximate surface area is 149 Å². The van der Waals surface area contributed by atoms with Crippen molar-refractivity contribution in [1.29, 1.82) is 0 Å². The largest absolute Gasteiger partial charge is 0.491 e. The lowest BCUT2D eigenvalue weighted by Gasteiger charge is -2.30. The van der Waals surface area contributed by atoms with Crippen LogP contribution < -0.4 is 15.4 Å². The molecule has 0 radical (unpaired) electrons. The SMILES string of the molecule is COC[C@@](C)(NC(=O)Nc1ccc(OC(C)C)cc1)c1ccccc1. The number of nitrogens with one attached hydrogen (secondary N) is 2. The highest BCUT2D eigenvalue weighted by atomic mass is 16.5. The number of carbonyl (C=O) groups is 1. The number of carbonyl (C=O) groups excluding carboxylic acids is 1. The zero-order valence-electron chi connectivity index (χ0n) is 15.2. The van der Waals surface area contributed by atoms with Gasteiger partial charge in [0.25, 0.3) is 0 Å². The van der Waals surface area contributed by atoms with Crippen LogP contribution in [0.1, 0.15) is 26.3 Å². The number of hydrogen-bond acceptors (Lipinski definition) is 3. The molecule has 134 valence electrons. The van der Waals surface area contributed by atoms with E-state index in [1.807, 2.05) is 75.4 Å². The maximum absolute atomic E-state index is 12.4. The molecule has 2 N–H and O–H groups in total. The lowest BCUT2D eigenvalue weighted by Crippen LogP contribution is -2.48. The second kappa shape index (κ2) is 8.53. The number of hydrogen-bond donors (Lipinski definition) is 2. The van der Waals surface area contributed by atoms with Gasteiger partial charge in [-0.2, -0.15) is 0 Å². The van der Waals surface area contributed by atoms with Gasteiger partial charge < -0.3 is 20.1 Å². The summed E-state index contributed by atoms with van der Waals surface area (Å²) >= 11 is 0. The minimum Gasteiger partial charge on any atom is -0.491 e. The molecule has 0 aromatic heterocycles. The summed E-state index contributed by atoms with van der Waals surface area (Å²) in [4.78, 5) is 12.4. The van der Waals surface area contributed by atoms with E-state index in [1.165, 1.54) is 0 Å². The maximum Gasteiger partial charge on any atom is 0.320 e. The predicted octanol–water partition coefficient (Wildman–Crippen LogP) is 4.16. The van der Waals surface area contributed by atoms with E-state index in [2.05, 4.69) is 10.6 Å². The standard InChI is InChI=1S/C20H26N2O3/c1-15(2)25-18-12-10-17(11-13-18)21-19(23)22-20(3,14-24-4)16-8-6-5-7-9-16/h5-13,15H,14H2,1-4H3,(H2,21,22,23)/t20-/m1/s1. The Hall–Kier alpha value is -2.53. The molecule has 2 aromatic carbocycles. The fourth-order valence-electron chi connectivity index (χ4n) is 2.59. The molecule has 2 rings (SSSR count). The molecule has 0 saturated carbocycles. The van der Waals surface area contributed by atoms with Crippen LogP contribution in [0, 0.1) is 0 Å². The van der Waals surface area contributed by atoms with Crippen molar-refractivity contribution in [2.75, 3.05) is 19.0 Å². The van der Waals surface area contributed by atoms with Crippen LogP contribution in [0.25, 0.3) is 0 Å². The van der Waals surface area contributed by atoms with Gasteiger partial charge in [-0.3, -0.25) is 0 Å². The van der Waals surface area contributed by atoms with E-state index in [1.54, 1.807) is 7.11 Å². The van der Waals surface area contributed by atoms with Gasteiger partial charge in [-0.15, -0.1) is 0 Å². The van der Waals surface area contributed by atoms with Gasteiger partial charge in [-0.25, -0.2) is 4.79 Å². The summed E-state index contributed by atoms with van der Waals surface area (Å²) in [5.41, 5.74) is 1.05. The number of anilines is 1. The number of ether oxygens (including phenoxy) is 2. The summed E-state index contributed by atoms with van der Waals surface area (Å²) in [6.45, 7) is 6.25. The summed E-state index contributed by atoms with van der Waals surface area (Å²) in [6.07, 6.45) is 0.114. The van der Waals surface area contributed by atoms with Gasteiger partial charge in [-0.1, -0.05) is 30.3 Å². The molecule has 2 amide bonds. The van der Waals surface area contributed by atoms with Gasteiger partial charge >= 0.3 is 6.03 Å². The smallest absolute Gasteiger partial charge is 0.320 e. The van der Waals surface area contributed by atoms with Crippen molar-refractivity contribution in [1.82, 2.24) is 5.32 Å². The van der Waals surface area contributed by atoms with Crippen LogP contribution in [0.15, 0.2) is 54.6 Å². The van der Waals surface area contributed by atoms with Crippen molar-refractivity contribution >= 4 is 11.7 Å². The average Bonchev–Trinajstić information content (AvgIpc) is 2.57. The minimum absolute atomic E-state index is 0.114. The molecule has 0 saturated heterocycles. The number of methoxy groups -OCH3 is 1. The van der Waals surface area contributed by atoms with Gasteiger partial charge in [0.05, 0.1) is 18.2 Å². The summed E-state index contributed by atoms with van der Waals surface area (Å²) in [5, 5.41) is 5.84. The van der Waals surface area contributed by atoms with E-state index >= 15 is 0 Å². The molecular formula is C20H26N2O3. The number of benzene rings is 2. The maximum atomic E-state index is 12.4. The highest BCUT2D eigenvalue weighted by Crippen LogP contribution is 2.22. The quantitative estimate of drug-likeness (QED) is 0.794. The van der Waals surface area contributed by atoms with Crippen molar-refractivity contribution in [3.05, 3.63) is 60.2 Å². The molecule has 0 unspecified atom stereocenters. The number of urea groups is 1. The zero-order chi connectivity index (χ0) is 18.3. The molecule has 0 heterocycles. The van der Waals surface area contributed by atoms with Crippen LogP contribution in [0.5, 0.6) is 5.75 Å². The van der Waals surface area contributed by atoms with Gasteiger partial charge in [0, 0.05) is 12.8 Å². The third kappa shape index (κ3) is 5.50. The minimum atomic E-state index is -0.624. The van der Waals surface area contributed by atoms with Crippen molar-refractivity contribution < 1.29 is 14.3 Å². The monoisotopic (exact) mass is 342 g/mol. The van der Waals surface area contributed by atoms with Crippen LogP contribution in [0.2, 0.25) is 0 Å². The second-order valence-corrected chi connectivity index (χ2v) is 6.40. The Balaban J connectivity index is 2.04. The average molecular weight is 342 g/mol. The Morgan fingerprint density at radius 1 is 1.08 bits per heavy atom. The van der Waals surface area contributed by atoms with E-state index in [0.717, 1.165) is 11.3 Å². The molecule has 0 spiro atoms. The molecule has 1 atom stereocenters. The molecule has 2 aromatic rings. The first kappa shape index (κ1) is 18.8. The van der Waals surface area contributed by atoms with Crippen molar-refractivity contribution in [2.45, 2.75) is 32.4 Å².